The first kappa shape index (κ1) is 23.7. The number of ether oxygens (including phenoxy) is 2. The second kappa shape index (κ2) is 11.1. The molecule has 0 heterocycles. The van der Waals surface area contributed by atoms with Gasteiger partial charge >= 0.3 is 5.97 Å². The van der Waals surface area contributed by atoms with Gasteiger partial charge in [0.05, 0.1) is 12.3 Å². The molecule has 33 heavy (non-hydrogen) atoms. The number of esters is 1. The maximum absolute atomic E-state index is 13.0. The fourth-order valence-corrected chi connectivity index (χ4v) is 3.12. The highest BCUT2D eigenvalue weighted by Gasteiger charge is 2.39. The highest BCUT2D eigenvalue weighted by Crippen LogP contribution is 2.29. The zero-order chi connectivity index (χ0) is 23.7. The Bertz CT molecular complexity index is 1040. The molecule has 1 amide bonds. The van der Waals surface area contributed by atoms with Gasteiger partial charge in [-0.1, -0.05) is 60.7 Å². The fourth-order valence-electron chi connectivity index (χ4n) is 3.12. The van der Waals surface area contributed by atoms with Gasteiger partial charge in [0.2, 0.25) is 0 Å². The van der Waals surface area contributed by atoms with Crippen LogP contribution in [-0.4, -0.2) is 35.9 Å². The lowest BCUT2D eigenvalue weighted by atomic mass is 9.85. The quantitative estimate of drug-likeness (QED) is 0.298. The summed E-state index contributed by atoms with van der Waals surface area (Å²) in [6.07, 6.45) is 1.25. The second-order valence-electron chi connectivity index (χ2n) is 7.54. The van der Waals surface area contributed by atoms with Gasteiger partial charge in [-0.15, -0.1) is 0 Å². The molecule has 0 saturated carbocycles. The lowest BCUT2D eigenvalue weighted by Crippen LogP contribution is -2.43. The Morgan fingerprint density at radius 1 is 0.939 bits per heavy atom. The first-order chi connectivity index (χ1) is 15.9. The van der Waals surface area contributed by atoms with Crippen LogP contribution in [0, 0.1) is 0 Å². The summed E-state index contributed by atoms with van der Waals surface area (Å²) in [4.78, 5) is 24.6. The first-order valence-electron chi connectivity index (χ1n) is 10.5. The number of amides is 1. The van der Waals surface area contributed by atoms with Crippen LogP contribution in [0.5, 0.6) is 5.75 Å². The van der Waals surface area contributed by atoms with E-state index in [9.17, 15) is 14.7 Å². The van der Waals surface area contributed by atoms with E-state index in [1.807, 2.05) is 12.1 Å². The van der Waals surface area contributed by atoms with Crippen molar-refractivity contribution in [1.82, 2.24) is 5.43 Å². The molecule has 3 aromatic rings. The summed E-state index contributed by atoms with van der Waals surface area (Å²) < 4.78 is 10.4. The summed E-state index contributed by atoms with van der Waals surface area (Å²) in [6, 6.07) is 24.2. The molecule has 0 atom stereocenters. The topological polar surface area (TPSA) is 97.2 Å². The zero-order valence-electron chi connectivity index (χ0n) is 18.5. The van der Waals surface area contributed by atoms with Crippen molar-refractivity contribution in [2.75, 3.05) is 6.61 Å². The molecule has 0 spiro atoms. The lowest BCUT2D eigenvalue weighted by Gasteiger charge is -2.27. The third-order valence-electron chi connectivity index (χ3n) is 4.70. The summed E-state index contributed by atoms with van der Waals surface area (Å²) in [6.45, 7) is 3.36. The largest absolute Gasteiger partial charge is 0.482 e. The van der Waals surface area contributed by atoms with Gasteiger partial charge < -0.3 is 14.6 Å². The van der Waals surface area contributed by atoms with Crippen molar-refractivity contribution in [3.8, 4) is 5.75 Å². The number of aliphatic hydroxyl groups is 1. The maximum Gasteiger partial charge on any atom is 0.344 e. The van der Waals surface area contributed by atoms with Gasteiger partial charge in [-0.2, -0.15) is 5.10 Å². The van der Waals surface area contributed by atoms with Crippen LogP contribution in [0.4, 0.5) is 0 Å². The van der Waals surface area contributed by atoms with Gasteiger partial charge in [-0.3, -0.25) is 4.79 Å². The minimum Gasteiger partial charge on any atom is -0.482 e. The Kier molecular flexibility index (Phi) is 7.94. The molecule has 3 rings (SSSR count). The third kappa shape index (κ3) is 6.27. The predicted octanol–water partition coefficient (Wildman–Crippen LogP) is 3.40. The van der Waals surface area contributed by atoms with E-state index in [1.54, 1.807) is 86.6 Å². The number of rotatable bonds is 9. The number of carbonyl (C=O) groups is 2. The van der Waals surface area contributed by atoms with Crippen LogP contribution in [-0.2, 0) is 19.9 Å². The summed E-state index contributed by atoms with van der Waals surface area (Å²) in [7, 11) is 0. The van der Waals surface area contributed by atoms with Crippen LogP contribution in [0.15, 0.2) is 90.0 Å². The molecule has 7 nitrogen and oxygen atoms in total. The highest BCUT2D eigenvalue weighted by atomic mass is 16.6. The molecular formula is C26H26N2O5. The number of benzene rings is 3. The summed E-state index contributed by atoms with van der Waals surface area (Å²) >= 11 is 0. The Hall–Kier alpha value is -3.97. The summed E-state index contributed by atoms with van der Waals surface area (Å²) in [5.74, 6) is -0.623. The van der Waals surface area contributed by atoms with E-state index in [-0.39, 0.29) is 12.7 Å². The van der Waals surface area contributed by atoms with Gasteiger partial charge in [0.1, 0.15) is 5.75 Å². The van der Waals surface area contributed by atoms with Gasteiger partial charge in [0, 0.05) is 0 Å². The van der Waals surface area contributed by atoms with Crippen LogP contribution in [0.25, 0.3) is 0 Å². The van der Waals surface area contributed by atoms with Crippen LogP contribution < -0.4 is 10.2 Å². The SMILES string of the molecule is CC(C)OC(=O)COc1ccc(/C=N\NC(=O)C(O)(c2ccccc2)c2ccccc2)cc1. The van der Waals surface area contributed by atoms with Crippen molar-refractivity contribution in [1.29, 1.82) is 0 Å². The number of nitrogens with one attached hydrogen (secondary N) is 1. The maximum atomic E-state index is 13.0. The van der Waals surface area contributed by atoms with Gasteiger partial charge in [0.25, 0.3) is 5.91 Å². The molecule has 0 bridgehead atoms. The standard InChI is InChI=1S/C26H26N2O5/c1-19(2)33-24(29)18-32-23-15-13-20(14-16-23)17-27-28-25(30)26(31,21-9-5-3-6-10-21)22-11-7-4-8-12-22/h3-17,19,31H,18H2,1-2H3,(H,28,30)/b27-17-. The van der Waals surface area contributed by atoms with E-state index in [1.165, 1.54) is 6.21 Å². The number of hydrogen-bond donors (Lipinski definition) is 2. The third-order valence-corrected chi connectivity index (χ3v) is 4.70. The minimum absolute atomic E-state index is 0.181. The first-order valence-corrected chi connectivity index (χ1v) is 10.5. The Labute approximate surface area is 192 Å². The smallest absolute Gasteiger partial charge is 0.344 e. The van der Waals surface area contributed by atoms with Crippen molar-refractivity contribution >= 4 is 18.1 Å². The molecule has 0 fully saturated rings. The minimum atomic E-state index is -1.90. The van der Waals surface area contributed by atoms with Crippen LogP contribution >= 0.6 is 0 Å². The van der Waals surface area contributed by atoms with Crippen molar-refractivity contribution in [2.24, 2.45) is 5.10 Å². The fraction of sp³-hybridized carbons (Fsp3) is 0.192. The molecule has 170 valence electrons. The van der Waals surface area contributed by atoms with Crippen molar-refractivity contribution in [3.05, 3.63) is 102 Å². The van der Waals surface area contributed by atoms with Crippen molar-refractivity contribution < 1.29 is 24.2 Å². The second-order valence-corrected chi connectivity index (χ2v) is 7.54. The summed E-state index contributed by atoms with van der Waals surface area (Å²) in [5, 5.41) is 15.4. The molecule has 0 aliphatic heterocycles. The molecule has 7 heteroatoms. The Morgan fingerprint density at radius 3 is 2.00 bits per heavy atom. The Morgan fingerprint density at radius 2 is 1.48 bits per heavy atom. The Balaban J connectivity index is 1.66. The van der Waals surface area contributed by atoms with Crippen molar-refractivity contribution in [3.63, 3.8) is 0 Å². The molecule has 0 radical (unpaired) electrons. The van der Waals surface area contributed by atoms with E-state index in [4.69, 9.17) is 9.47 Å². The number of hydrazone groups is 1. The van der Waals surface area contributed by atoms with Crippen molar-refractivity contribution in [2.45, 2.75) is 25.6 Å². The summed E-state index contributed by atoms with van der Waals surface area (Å²) in [5.41, 5.74) is 2.08. The monoisotopic (exact) mass is 446 g/mol. The van der Waals surface area contributed by atoms with E-state index in [0.717, 1.165) is 0 Å². The molecule has 0 aliphatic carbocycles. The molecule has 0 aliphatic rings. The average molecular weight is 447 g/mol. The predicted molar refractivity (Wildman–Crippen MR) is 125 cm³/mol. The molecule has 2 N–H and O–H groups in total. The highest BCUT2D eigenvalue weighted by molar-refractivity contribution is 5.91. The van der Waals surface area contributed by atoms with Crippen LogP contribution in [0.2, 0.25) is 0 Å². The molecular weight excluding hydrogens is 420 g/mol. The normalized spacial score (nSPS) is 11.4. The lowest BCUT2D eigenvalue weighted by molar-refractivity contribution is -0.149. The molecule has 0 unspecified atom stereocenters. The van der Waals surface area contributed by atoms with E-state index >= 15 is 0 Å². The number of carbonyl (C=O) groups excluding carboxylic acids is 2. The number of hydrogen-bond acceptors (Lipinski definition) is 6. The molecule has 0 saturated heterocycles. The van der Waals surface area contributed by atoms with E-state index < -0.39 is 17.5 Å². The van der Waals surface area contributed by atoms with Crippen LogP contribution in [0.1, 0.15) is 30.5 Å². The zero-order valence-corrected chi connectivity index (χ0v) is 18.5. The van der Waals surface area contributed by atoms with E-state index in [0.29, 0.717) is 22.4 Å². The van der Waals surface area contributed by atoms with E-state index in [2.05, 4.69) is 10.5 Å². The van der Waals surface area contributed by atoms with Gasteiger partial charge in [0.15, 0.2) is 12.2 Å². The van der Waals surface area contributed by atoms with Gasteiger partial charge in [-0.05, 0) is 54.8 Å². The van der Waals surface area contributed by atoms with Gasteiger partial charge in [-0.25, -0.2) is 10.2 Å². The average Bonchev–Trinajstić information content (AvgIpc) is 2.83. The molecule has 0 aromatic heterocycles. The number of nitrogens with zero attached hydrogens (tertiary/aromatic N) is 1. The van der Waals surface area contributed by atoms with Crippen LogP contribution in [0.3, 0.4) is 0 Å². The molecule has 3 aromatic carbocycles.